The SMILES string of the molecule is O=C(Nc1ccc(-c2ccc3cc(N(c4ccccc4)c4ccccc4)ccc3c2)cc1)c1ccc(-c2ccccc2)cc1. The Bertz CT molecular complexity index is 1980. The quantitative estimate of drug-likeness (QED) is 0.208. The van der Waals surface area contributed by atoms with Gasteiger partial charge in [-0.15, -0.1) is 0 Å². The van der Waals surface area contributed by atoms with Crippen LogP contribution in [0.5, 0.6) is 0 Å². The van der Waals surface area contributed by atoms with Gasteiger partial charge in [-0.2, -0.15) is 0 Å². The molecule has 0 saturated carbocycles. The number of anilines is 4. The lowest BCUT2D eigenvalue weighted by molar-refractivity contribution is 0.102. The summed E-state index contributed by atoms with van der Waals surface area (Å²) in [7, 11) is 0. The summed E-state index contributed by atoms with van der Waals surface area (Å²) in [6.45, 7) is 0. The van der Waals surface area contributed by atoms with E-state index in [1.165, 1.54) is 10.8 Å². The van der Waals surface area contributed by atoms with Gasteiger partial charge in [0.2, 0.25) is 0 Å². The molecule has 0 aliphatic carbocycles. The summed E-state index contributed by atoms with van der Waals surface area (Å²) in [6.07, 6.45) is 0. The Morgan fingerprint density at radius 3 is 1.52 bits per heavy atom. The van der Waals surface area contributed by atoms with E-state index in [-0.39, 0.29) is 5.91 Å². The predicted molar refractivity (Wildman–Crippen MR) is 184 cm³/mol. The first-order valence-corrected chi connectivity index (χ1v) is 14.7. The molecule has 1 amide bonds. The maximum absolute atomic E-state index is 12.9. The van der Waals surface area contributed by atoms with Crippen molar-refractivity contribution < 1.29 is 4.79 Å². The smallest absolute Gasteiger partial charge is 0.255 e. The van der Waals surface area contributed by atoms with Crippen LogP contribution in [0.3, 0.4) is 0 Å². The van der Waals surface area contributed by atoms with Crippen LogP contribution in [0.2, 0.25) is 0 Å². The van der Waals surface area contributed by atoms with E-state index in [0.717, 1.165) is 45.0 Å². The number of carbonyl (C=O) groups excluding carboxylic acids is 1. The highest BCUT2D eigenvalue weighted by molar-refractivity contribution is 6.04. The molecule has 3 nitrogen and oxygen atoms in total. The number of nitrogens with zero attached hydrogens (tertiary/aromatic N) is 1. The van der Waals surface area contributed by atoms with Gasteiger partial charge in [-0.25, -0.2) is 0 Å². The van der Waals surface area contributed by atoms with Crippen molar-refractivity contribution >= 4 is 39.4 Å². The van der Waals surface area contributed by atoms with E-state index in [1.54, 1.807) is 0 Å². The molecule has 44 heavy (non-hydrogen) atoms. The largest absolute Gasteiger partial charge is 0.322 e. The third-order valence-corrected chi connectivity index (χ3v) is 7.84. The van der Waals surface area contributed by atoms with E-state index in [4.69, 9.17) is 0 Å². The van der Waals surface area contributed by atoms with Crippen molar-refractivity contribution in [3.05, 3.63) is 181 Å². The summed E-state index contributed by atoms with van der Waals surface area (Å²) in [5, 5.41) is 5.37. The Labute approximate surface area is 257 Å². The maximum atomic E-state index is 12.9. The highest BCUT2D eigenvalue weighted by Gasteiger charge is 2.13. The minimum atomic E-state index is -0.126. The van der Waals surface area contributed by atoms with Gasteiger partial charge in [0.15, 0.2) is 0 Å². The average Bonchev–Trinajstić information content (AvgIpc) is 3.10. The molecule has 7 aromatic carbocycles. The van der Waals surface area contributed by atoms with Gasteiger partial charge in [-0.05, 0) is 99.8 Å². The van der Waals surface area contributed by atoms with E-state index in [1.807, 2.05) is 66.7 Å². The number of hydrogen-bond donors (Lipinski definition) is 1. The first kappa shape index (κ1) is 26.9. The molecule has 3 heteroatoms. The van der Waals surface area contributed by atoms with Crippen LogP contribution < -0.4 is 10.2 Å². The Kier molecular flexibility index (Phi) is 7.42. The van der Waals surface area contributed by atoms with E-state index in [0.29, 0.717) is 5.56 Å². The van der Waals surface area contributed by atoms with Crippen LogP contribution in [0.25, 0.3) is 33.0 Å². The Morgan fingerprint density at radius 1 is 0.409 bits per heavy atom. The molecule has 210 valence electrons. The van der Waals surface area contributed by atoms with Crippen molar-refractivity contribution in [1.29, 1.82) is 0 Å². The molecular formula is C41H30N2O. The van der Waals surface area contributed by atoms with Gasteiger partial charge in [0.1, 0.15) is 0 Å². The van der Waals surface area contributed by atoms with Crippen LogP contribution in [-0.4, -0.2) is 5.91 Å². The van der Waals surface area contributed by atoms with Crippen LogP contribution in [0.4, 0.5) is 22.7 Å². The summed E-state index contributed by atoms with van der Waals surface area (Å²) in [6, 6.07) is 59.9. The Morgan fingerprint density at radius 2 is 0.886 bits per heavy atom. The predicted octanol–water partition coefficient (Wildman–Crippen LogP) is 10.9. The zero-order valence-electron chi connectivity index (χ0n) is 24.1. The molecule has 0 aliphatic heterocycles. The lowest BCUT2D eigenvalue weighted by Gasteiger charge is -2.25. The number of benzene rings is 7. The lowest BCUT2D eigenvalue weighted by Crippen LogP contribution is -2.11. The van der Waals surface area contributed by atoms with Gasteiger partial charge < -0.3 is 10.2 Å². The Hall–Kier alpha value is -5.93. The third-order valence-electron chi connectivity index (χ3n) is 7.84. The maximum Gasteiger partial charge on any atom is 0.255 e. The Balaban J connectivity index is 1.09. The second-order valence-electron chi connectivity index (χ2n) is 10.7. The molecule has 0 fully saturated rings. The monoisotopic (exact) mass is 566 g/mol. The van der Waals surface area contributed by atoms with E-state index < -0.39 is 0 Å². The number of rotatable bonds is 7. The summed E-state index contributed by atoms with van der Waals surface area (Å²) >= 11 is 0. The van der Waals surface area contributed by atoms with Crippen LogP contribution in [0.1, 0.15) is 10.4 Å². The van der Waals surface area contributed by atoms with Gasteiger partial charge in [-0.3, -0.25) is 4.79 Å². The van der Waals surface area contributed by atoms with Crippen molar-refractivity contribution in [2.24, 2.45) is 0 Å². The minimum Gasteiger partial charge on any atom is -0.322 e. The first-order valence-electron chi connectivity index (χ1n) is 14.7. The van der Waals surface area contributed by atoms with E-state index in [9.17, 15) is 4.79 Å². The van der Waals surface area contributed by atoms with Crippen molar-refractivity contribution in [2.75, 3.05) is 10.2 Å². The van der Waals surface area contributed by atoms with Crippen molar-refractivity contribution in [2.45, 2.75) is 0 Å². The second-order valence-corrected chi connectivity index (χ2v) is 10.7. The second kappa shape index (κ2) is 12.1. The standard InChI is InChI=1S/C41H30N2O/c44-41(33-18-16-31(17-19-33)30-10-4-1-5-11-30)42-37-25-22-32(23-26-37)34-20-21-36-29-40(27-24-35(36)28-34)43(38-12-6-2-7-13-38)39-14-8-3-9-15-39/h1-29H,(H,42,44). The van der Waals surface area contributed by atoms with Gasteiger partial charge in [0, 0.05) is 28.3 Å². The number of para-hydroxylation sites is 2. The summed E-state index contributed by atoms with van der Waals surface area (Å²) in [4.78, 5) is 15.2. The molecule has 0 aliphatic rings. The average molecular weight is 567 g/mol. The molecular weight excluding hydrogens is 536 g/mol. The van der Waals surface area contributed by atoms with Crippen molar-refractivity contribution in [3.63, 3.8) is 0 Å². The molecule has 1 N–H and O–H groups in total. The highest BCUT2D eigenvalue weighted by Crippen LogP contribution is 2.36. The van der Waals surface area contributed by atoms with Gasteiger partial charge in [0.25, 0.3) is 5.91 Å². The minimum absolute atomic E-state index is 0.126. The van der Waals surface area contributed by atoms with Crippen LogP contribution >= 0.6 is 0 Å². The fourth-order valence-corrected chi connectivity index (χ4v) is 5.55. The fraction of sp³-hybridized carbons (Fsp3) is 0. The number of nitrogens with one attached hydrogen (secondary N) is 1. The molecule has 0 bridgehead atoms. The zero-order chi connectivity index (χ0) is 29.7. The van der Waals surface area contributed by atoms with E-state index in [2.05, 4.69) is 119 Å². The number of fused-ring (bicyclic) bond motifs is 1. The van der Waals surface area contributed by atoms with Crippen molar-refractivity contribution in [1.82, 2.24) is 0 Å². The molecule has 0 atom stereocenters. The normalized spacial score (nSPS) is 10.8. The lowest BCUT2D eigenvalue weighted by atomic mass is 10.00. The number of amides is 1. The molecule has 0 radical (unpaired) electrons. The molecule has 0 aromatic heterocycles. The highest BCUT2D eigenvalue weighted by atomic mass is 16.1. The fourth-order valence-electron chi connectivity index (χ4n) is 5.55. The van der Waals surface area contributed by atoms with Gasteiger partial charge in [0.05, 0.1) is 0 Å². The summed E-state index contributed by atoms with van der Waals surface area (Å²) in [5.74, 6) is -0.126. The zero-order valence-corrected chi connectivity index (χ0v) is 24.1. The molecule has 7 aromatic rings. The molecule has 0 unspecified atom stereocenters. The topological polar surface area (TPSA) is 32.3 Å². The number of hydrogen-bond acceptors (Lipinski definition) is 2. The molecule has 0 heterocycles. The molecule has 7 rings (SSSR count). The van der Waals surface area contributed by atoms with Gasteiger partial charge >= 0.3 is 0 Å². The third kappa shape index (κ3) is 5.72. The van der Waals surface area contributed by atoms with Gasteiger partial charge in [-0.1, -0.05) is 109 Å². The molecule has 0 spiro atoms. The first-order chi connectivity index (χ1) is 21.7. The van der Waals surface area contributed by atoms with Crippen LogP contribution in [-0.2, 0) is 0 Å². The summed E-state index contributed by atoms with van der Waals surface area (Å²) < 4.78 is 0. The number of carbonyl (C=O) groups is 1. The van der Waals surface area contributed by atoms with E-state index >= 15 is 0 Å². The van der Waals surface area contributed by atoms with Crippen molar-refractivity contribution in [3.8, 4) is 22.3 Å². The molecule has 0 saturated heterocycles. The van der Waals surface area contributed by atoms with Crippen LogP contribution in [0.15, 0.2) is 176 Å². The summed E-state index contributed by atoms with van der Waals surface area (Å²) in [5.41, 5.74) is 9.17. The van der Waals surface area contributed by atoms with Crippen LogP contribution in [0, 0.1) is 0 Å².